The van der Waals surface area contributed by atoms with Gasteiger partial charge in [-0.2, -0.15) is 0 Å². The first-order valence-electron chi connectivity index (χ1n) is 9.65. The summed E-state index contributed by atoms with van der Waals surface area (Å²) in [6.45, 7) is 3.70. The van der Waals surface area contributed by atoms with Crippen LogP contribution in [0.1, 0.15) is 17.5 Å². The molecule has 0 saturated carbocycles. The Balaban J connectivity index is 1.34. The Morgan fingerprint density at radius 3 is 2.82 bits per heavy atom. The number of aliphatic imine (C=N–C) groups is 1. The van der Waals surface area contributed by atoms with Crippen molar-refractivity contribution in [3.05, 3.63) is 59.0 Å². The molecule has 1 aromatic carbocycles. The molecule has 142 valence electrons. The molecule has 28 heavy (non-hydrogen) atoms. The first-order valence-corrected chi connectivity index (χ1v) is 10.5. The molecule has 0 aliphatic carbocycles. The minimum absolute atomic E-state index is 0.806. The number of nitrogens with zero attached hydrogens (tertiary/aromatic N) is 4. The number of benzene rings is 1. The summed E-state index contributed by atoms with van der Waals surface area (Å²) >= 11 is 1.57. The summed E-state index contributed by atoms with van der Waals surface area (Å²) in [6.07, 6.45) is 2.13. The molecule has 4 heterocycles. The van der Waals surface area contributed by atoms with Gasteiger partial charge in [-0.05, 0) is 36.1 Å². The van der Waals surface area contributed by atoms with Gasteiger partial charge in [0.2, 0.25) is 0 Å². The van der Waals surface area contributed by atoms with Crippen LogP contribution in [0.5, 0.6) is 0 Å². The maximum atomic E-state index is 4.90. The van der Waals surface area contributed by atoms with Gasteiger partial charge in [0.15, 0.2) is 11.1 Å². The third-order valence-corrected chi connectivity index (χ3v) is 5.84. The van der Waals surface area contributed by atoms with Gasteiger partial charge in [0.05, 0.1) is 5.69 Å². The zero-order chi connectivity index (χ0) is 18.8. The number of anilines is 2. The number of nitrogens with one attached hydrogen (secondary N) is 2. The maximum absolute atomic E-state index is 4.90. The van der Waals surface area contributed by atoms with Crippen molar-refractivity contribution in [1.29, 1.82) is 0 Å². The van der Waals surface area contributed by atoms with Gasteiger partial charge in [0, 0.05) is 31.6 Å². The van der Waals surface area contributed by atoms with Crippen molar-refractivity contribution in [2.75, 3.05) is 29.9 Å². The largest absolute Gasteiger partial charge is 0.356 e. The molecule has 2 aromatic heterocycles. The first-order chi connectivity index (χ1) is 13.8. The SMILES string of the molecule is c1cc(-c2csc(NC3=NCCCN3)n2)nc(N2CCc3ccccc3C2)c1. The molecule has 2 aliphatic rings. The van der Waals surface area contributed by atoms with Crippen LogP contribution in [0.25, 0.3) is 11.4 Å². The van der Waals surface area contributed by atoms with Crippen molar-refractivity contribution < 1.29 is 0 Å². The Labute approximate surface area is 168 Å². The van der Waals surface area contributed by atoms with Crippen LogP contribution >= 0.6 is 11.3 Å². The van der Waals surface area contributed by atoms with E-state index in [9.17, 15) is 0 Å². The lowest BCUT2D eigenvalue weighted by Gasteiger charge is -2.29. The van der Waals surface area contributed by atoms with Crippen molar-refractivity contribution in [3.8, 4) is 11.4 Å². The zero-order valence-corrected chi connectivity index (χ0v) is 16.4. The minimum Gasteiger partial charge on any atom is -0.356 e. The van der Waals surface area contributed by atoms with E-state index in [2.05, 4.69) is 56.9 Å². The van der Waals surface area contributed by atoms with E-state index in [0.717, 1.165) is 67.3 Å². The van der Waals surface area contributed by atoms with E-state index in [1.807, 2.05) is 11.4 Å². The third-order valence-electron chi connectivity index (χ3n) is 5.08. The monoisotopic (exact) mass is 390 g/mol. The highest BCUT2D eigenvalue weighted by Gasteiger charge is 2.18. The fourth-order valence-electron chi connectivity index (χ4n) is 3.60. The molecule has 0 amide bonds. The number of aromatic nitrogens is 2. The number of pyridine rings is 1. The number of guanidine groups is 1. The molecule has 2 N–H and O–H groups in total. The molecule has 0 unspecified atom stereocenters. The highest BCUT2D eigenvalue weighted by Crippen LogP contribution is 2.27. The second-order valence-electron chi connectivity index (χ2n) is 6.99. The van der Waals surface area contributed by atoms with Gasteiger partial charge in [0.1, 0.15) is 11.5 Å². The van der Waals surface area contributed by atoms with Crippen molar-refractivity contribution in [3.63, 3.8) is 0 Å². The Morgan fingerprint density at radius 1 is 1.00 bits per heavy atom. The normalized spacial score (nSPS) is 16.1. The van der Waals surface area contributed by atoms with Gasteiger partial charge < -0.3 is 15.5 Å². The fraction of sp³-hybridized carbons (Fsp3) is 0.286. The van der Waals surface area contributed by atoms with Crippen LogP contribution < -0.4 is 15.5 Å². The molecule has 2 aliphatic heterocycles. The molecular formula is C21H22N6S. The summed E-state index contributed by atoms with van der Waals surface area (Å²) in [6, 6.07) is 14.9. The van der Waals surface area contributed by atoms with Gasteiger partial charge >= 0.3 is 0 Å². The molecule has 0 radical (unpaired) electrons. The van der Waals surface area contributed by atoms with Crippen LogP contribution in [0.3, 0.4) is 0 Å². The molecular weight excluding hydrogens is 368 g/mol. The first kappa shape index (κ1) is 17.2. The van der Waals surface area contributed by atoms with E-state index in [1.165, 1.54) is 11.1 Å². The van der Waals surface area contributed by atoms with E-state index in [1.54, 1.807) is 11.3 Å². The van der Waals surface area contributed by atoms with Crippen LogP contribution in [-0.4, -0.2) is 35.6 Å². The Kier molecular flexibility index (Phi) is 4.66. The van der Waals surface area contributed by atoms with Crippen LogP contribution in [0.2, 0.25) is 0 Å². The van der Waals surface area contributed by atoms with E-state index in [-0.39, 0.29) is 0 Å². The smallest absolute Gasteiger partial charge is 0.197 e. The van der Waals surface area contributed by atoms with Gasteiger partial charge in [-0.3, -0.25) is 4.99 Å². The van der Waals surface area contributed by atoms with Crippen molar-refractivity contribution >= 4 is 28.2 Å². The lowest BCUT2D eigenvalue weighted by molar-refractivity contribution is 0.721. The Bertz CT molecular complexity index is 1010. The number of hydrogen-bond acceptors (Lipinski definition) is 7. The van der Waals surface area contributed by atoms with Gasteiger partial charge in [0.25, 0.3) is 0 Å². The van der Waals surface area contributed by atoms with Crippen molar-refractivity contribution in [2.45, 2.75) is 19.4 Å². The maximum Gasteiger partial charge on any atom is 0.197 e. The molecule has 6 nitrogen and oxygen atoms in total. The third kappa shape index (κ3) is 3.57. The van der Waals surface area contributed by atoms with E-state index < -0.39 is 0 Å². The van der Waals surface area contributed by atoms with E-state index in [4.69, 9.17) is 9.97 Å². The Hall–Kier alpha value is -2.93. The molecule has 0 saturated heterocycles. The predicted molar refractivity (Wildman–Crippen MR) is 115 cm³/mol. The van der Waals surface area contributed by atoms with Crippen LogP contribution in [0.4, 0.5) is 10.9 Å². The summed E-state index contributed by atoms with van der Waals surface area (Å²) in [5.41, 5.74) is 4.63. The van der Waals surface area contributed by atoms with Crippen LogP contribution in [0, 0.1) is 0 Å². The molecule has 3 aromatic rings. The summed E-state index contributed by atoms with van der Waals surface area (Å²) in [4.78, 5) is 16.4. The van der Waals surface area contributed by atoms with Gasteiger partial charge in [-0.25, -0.2) is 9.97 Å². The number of rotatable bonds is 3. The topological polar surface area (TPSA) is 65.4 Å². The molecule has 0 bridgehead atoms. The quantitative estimate of drug-likeness (QED) is 0.716. The van der Waals surface area contributed by atoms with Crippen molar-refractivity contribution in [1.82, 2.24) is 15.3 Å². The van der Waals surface area contributed by atoms with E-state index >= 15 is 0 Å². The summed E-state index contributed by atoms with van der Waals surface area (Å²) in [7, 11) is 0. The average Bonchev–Trinajstić information content (AvgIpc) is 3.23. The number of thiazole rings is 1. The number of fused-ring (bicyclic) bond motifs is 1. The fourth-order valence-corrected chi connectivity index (χ4v) is 4.30. The van der Waals surface area contributed by atoms with E-state index in [0.29, 0.717) is 0 Å². The number of hydrogen-bond donors (Lipinski definition) is 2. The van der Waals surface area contributed by atoms with Crippen LogP contribution in [0.15, 0.2) is 52.8 Å². The minimum atomic E-state index is 0.806. The Morgan fingerprint density at radius 2 is 1.93 bits per heavy atom. The zero-order valence-electron chi connectivity index (χ0n) is 15.6. The summed E-state index contributed by atoms with van der Waals surface area (Å²) < 4.78 is 0. The van der Waals surface area contributed by atoms with Crippen LogP contribution in [-0.2, 0) is 13.0 Å². The highest BCUT2D eigenvalue weighted by molar-refractivity contribution is 7.14. The molecule has 0 atom stereocenters. The molecule has 7 heteroatoms. The highest BCUT2D eigenvalue weighted by atomic mass is 32.1. The predicted octanol–water partition coefficient (Wildman–Crippen LogP) is 3.53. The summed E-state index contributed by atoms with van der Waals surface area (Å²) in [5.74, 6) is 1.81. The standard InChI is InChI=1S/C21H22N6S/c1-2-6-16-13-27(12-9-15(16)5-1)19-8-3-7-17(24-19)18-14-28-21(25-18)26-20-22-10-4-11-23-20/h1-3,5-8,14H,4,9-13H2,(H2,22,23,25,26). The second-order valence-corrected chi connectivity index (χ2v) is 7.85. The summed E-state index contributed by atoms with van der Waals surface area (Å²) in [5, 5.41) is 9.41. The average molecular weight is 391 g/mol. The lowest BCUT2D eigenvalue weighted by atomic mass is 10.00. The van der Waals surface area contributed by atoms with Gasteiger partial charge in [-0.1, -0.05) is 30.3 Å². The van der Waals surface area contributed by atoms with Gasteiger partial charge in [-0.15, -0.1) is 11.3 Å². The second kappa shape index (κ2) is 7.59. The molecule has 0 fully saturated rings. The molecule has 5 rings (SSSR count). The molecule has 0 spiro atoms. The van der Waals surface area contributed by atoms with Crippen molar-refractivity contribution in [2.24, 2.45) is 4.99 Å². The lowest BCUT2D eigenvalue weighted by Crippen LogP contribution is -2.35.